The molecule has 4 heteroatoms. The lowest BCUT2D eigenvalue weighted by atomic mass is 10.1. The molecule has 1 aliphatic rings. The minimum absolute atomic E-state index is 0.321. The fourth-order valence-electron chi connectivity index (χ4n) is 2.24. The fraction of sp³-hybridized carbons (Fsp3) is 0.533. The molecule has 2 N–H and O–H groups in total. The van der Waals surface area contributed by atoms with Crippen molar-refractivity contribution in [3.05, 3.63) is 35.9 Å². The summed E-state index contributed by atoms with van der Waals surface area (Å²) in [5, 5.41) is 12.7. The summed E-state index contributed by atoms with van der Waals surface area (Å²) >= 11 is 0. The van der Waals surface area contributed by atoms with Gasteiger partial charge in [-0.15, -0.1) is 0 Å². The molecule has 1 saturated carbocycles. The van der Waals surface area contributed by atoms with Crippen LogP contribution < -0.4 is 5.32 Å². The molecule has 0 spiro atoms. The van der Waals surface area contributed by atoms with Gasteiger partial charge in [-0.1, -0.05) is 37.3 Å². The minimum Gasteiger partial charge on any atom is -0.378 e. The van der Waals surface area contributed by atoms with Crippen LogP contribution >= 0.6 is 0 Å². The van der Waals surface area contributed by atoms with Gasteiger partial charge >= 0.3 is 0 Å². The molecular formula is C15H22N2O2. The first-order valence-corrected chi connectivity index (χ1v) is 6.97. The van der Waals surface area contributed by atoms with Crippen molar-refractivity contribution in [3.8, 4) is 0 Å². The number of nitrogens with zero attached hydrogens (tertiary/aromatic N) is 1. The van der Waals surface area contributed by atoms with E-state index in [0.29, 0.717) is 18.2 Å². The Morgan fingerprint density at radius 1 is 1.42 bits per heavy atom. The summed E-state index contributed by atoms with van der Waals surface area (Å²) in [6, 6.07) is 9.72. The lowest BCUT2D eigenvalue weighted by Crippen LogP contribution is -2.38. The Morgan fingerprint density at radius 3 is 2.68 bits per heavy atom. The van der Waals surface area contributed by atoms with Crippen molar-refractivity contribution in [2.24, 2.45) is 0 Å². The third kappa shape index (κ3) is 4.04. The summed E-state index contributed by atoms with van der Waals surface area (Å²) < 4.78 is 0. The van der Waals surface area contributed by atoms with Gasteiger partial charge in [-0.2, -0.15) is 0 Å². The number of hydrogen-bond acceptors (Lipinski definition) is 3. The third-order valence-corrected chi connectivity index (χ3v) is 3.53. The number of hydrogen-bond donors (Lipinski definition) is 2. The number of aliphatic hydroxyl groups excluding tert-OH is 1. The number of carbonyl (C=O) groups is 1. The maximum atomic E-state index is 11.8. The van der Waals surface area contributed by atoms with Gasteiger partial charge in [0.25, 0.3) is 5.91 Å². The minimum atomic E-state index is -1.07. The van der Waals surface area contributed by atoms with Crippen molar-refractivity contribution in [1.29, 1.82) is 0 Å². The first-order chi connectivity index (χ1) is 9.22. The van der Waals surface area contributed by atoms with Crippen molar-refractivity contribution >= 4 is 5.91 Å². The van der Waals surface area contributed by atoms with E-state index < -0.39 is 6.10 Å². The number of aliphatic hydroxyl groups is 1. The Kier molecular flexibility index (Phi) is 4.93. The van der Waals surface area contributed by atoms with Crippen LogP contribution in [0.5, 0.6) is 0 Å². The molecule has 2 rings (SSSR count). The lowest BCUT2D eigenvalue weighted by Gasteiger charge is -2.20. The summed E-state index contributed by atoms with van der Waals surface area (Å²) in [4.78, 5) is 14.2. The van der Waals surface area contributed by atoms with Gasteiger partial charge in [0.2, 0.25) is 0 Å². The highest BCUT2D eigenvalue weighted by atomic mass is 16.3. The van der Waals surface area contributed by atoms with Crippen LogP contribution in [0.3, 0.4) is 0 Å². The normalized spacial score (nSPS) is 16.4. The second-order valence-corrected chi connectivity index (χ2v) is 4.96. The van der Waals surface area contributed by atoms with Gasteiger partial charge in [0.15, 0.2) is 6.10 Å². The molecular weight excluding hydrogens is 240 g/mol. The molecule has 0 heterocycles. The zero-order chi connectivity index (χ0) is 13.7. The van der Waals surface area contributed by atoms with Gasteiger partial charge < -0.3 is 10.4 Å². The SMILES string of the molecule is CCN(CCNC(=O)C(O)c1ccccc1)C1CC1. The number of carbonyl (C=O) groups excluding carboxylic acids is 1. The smallest absolute Gasteiger partial charge is 0.253 e. The van der Waals surface area contributed by atoms with Crippen LogP contribution in [0.1, 0.15) is 31.4 Å². The molecule has 1 aromatic rings. The zero-order valence-corrected chi connectivity index (χ0v) is 11.4. The molecule has 1 aromatic carbocycles. The monoisotopic (exact) mass is 262 g/mol. The van der Waals surface area contributed by atoms with Crippen molar-refractivity contribution in [2.75, 3.05) is 19.6 Å². The molecule has 19 heavy (non-hydrogen) atoms. The predicted octanol–water partition coefficient (Wildman–Crippen LogP) is 1.32. The van der Waals surface area contributed by atoms with Gasteiger partial charge in [-0.05, 0) is 24.9 Å². The van der Waals surface area contributed by atoms with Gasteiger partial charge in [-0.25, -0.2) is 0 Å². The molecule has 0 radical (unpaired) electrons. The van der Waals surface area contributed by atoms with E-state index in [1.807, 2.05) is 18.2 Å². The summed E-state index contributed by atoms with van der Waals surface area (Å²) in [5.41, 5.74) is 0.634. The summed E-state index contributed by atoms with van der Waals surface area (Å²) in [5.74, 6) is -0.321. The van der Waals surface area contributed by atoms with Gasteiger partial charge in [-0.3, -0.25) is 9.69 Å². The van der Waals surface area contributed by atoms with Crippen LogP contribution in [0, 0.1) is 0 Å². The van der Waals surface area contributed by atoms with E-state index in [2.05, 4.69) is 17.1 Å². The third-order valence-electron chi connectivity index (χ3n) is 3.53. The number of amides is 1. The average molecular weight is 262 g/mol. The molecule has 1 aliphatic carbocycles. The van der Waals surface area contributed by atoms with Crippen LogP contribution in [0.2, 0.25) is 0 Å². The number of likely N-dealkylation sites (N-methyl/N-ethyl adjacent to an activating group) is 1. The molecule has 1 atom stereocenters. The standard InChI is InChI=1S/C15H22N2O2/c1-2-17(13-8-9-13)11-10-16-15(19)14(18)12-6-4-3-5-7-12/h3-7,13-14,18H,2,8-11H2,1H3,(H,16,19). The van der Waals surface area contributed by atoms with E-state index in [9.17, 15) is 9.90 Å². The van der Waals surface area contributed by atoms with Crippen LogP contribution in [0.25, 0.3) is 0 Å². The molecule has 0 saturated heterocycles. The quantitative estimate of drug-likeness (QED) is 0.779. The Hall–Kier alpha value is -1.39. The molecule has 1 fully saturated rings. The molecule has 0 aromatic heterocycles. The summed E-state index contributed by atoms with van der Waals surface area (Å²) in [6.07, 6.45) is 1.47. The van der Waals surface area contributed by atoms with E-state index in [-0.39, 0.29) is 5.91 Å². The van der Waals surface area contributed by atoms with Gasteiger partial charge in [0.05, 0.1) is 0 Å². The zero-order valence-electron chi connectivity index (χ0n) is 11.4. The number of nitrogens with one attached hydrogen (secondary N) is 1. The van der Waals surface area contributed by atoms with E-state index in [0.717, 1.165) is 13.1 Å². The molecule has 104 valence electrons. The highest BCUT2D eigenvalue weighted by molar-refractivity contribution is 5.81. The first-order valence-electron chi connectivity index (χ1n) is 6.97. The van der Waals surface area contributed by atoms with Crippen LogP contribution in [0.15, 0.2) is 30.3 Å². The number of rotatable bonds is 7. The van der Waals surface area contributed by atoms with Crippen molar-refractivity contribution < 1.29 is 9.90 Å². The molecule has 1 unspecified atom stereocenters. The largest absolute Gasteiger partial charge is 0.378 e. The van der Waals surface area contributed by atoms with Crippen molar-refractivity contribution in [3.63, 3.8) is 0 Å². The topological polar surface area (TPSA) is 52.6 Å². The Bertz CT molecular complexity index is 404. The van der Waals surface area contributed by atoms with Crippen LogP contribution in [0.4, 0.5) is 0 Å². The second kappa shape index (κ2) is 6.68. The average Bonchev–Trinajstić information content (AvgIpc) is 3.28. The fourth-order valence-corrected chi connectivity index (χ4v) is 2.24. The number of benzene rings is 1. The van der Waals surface area contributed by atoms with Gasteiger partial charge in [0, 0.05) is 19.1 Å². The molecule has 4 nitrogen and oxygen atoms in total. The molecule has 0 aliphatic heterocycles. The van der Waals surface area contributed by atoms with E-state index in [1.54, 1.807) is 12.1 Å². The summed E-state index contributed by atoms with van der Waals surface area (Å²) in [7, 11) is 0. The van der Waals surface area contributed by atoms with E-state index in [1.165, 1.54) is 12.8 Å². The second-order valence-electron chi connectivity index (χ2n) is 4.96. The maximum Gasteiger partial charge on any atom is 0.253 e. The molecule has 0 bridgehead atoms. The van der Waals surface area contributed by atoms with Crippen molar-refractivity contribution in [2.45, 2.75) is 31.9 Å². The Morgan fingerprint density at radius 2 is 2.11 bits per heavy atom. The molecule has 1 amide bonds. The van der Waals surface area contributed by atoms with Crippen molar-refractivity contribution in [1.82, 2.24) is 10.2 Å². The first kappa shape index (κ1) is 14.0. The van der Waals surface area contributed by atoms with E-state index >= 15 is 0 Å². The highest BCUT2D eigenvalue weighted by Crippen LogP contribution is 2.25. The Balaban J connectivity index is 1.74. The lowest BCUT2D eigenvalue weighted by molar-refractivity contribution is -0.129. The van der Waals surface area contributed by atoms with Gasteiger partial charge in [0.1, 0.15) is 0 Å². The summed E-state index contributed by atoms with van der Waals surface area (Å²) in [6.45, 7) is 4.60. The predicted molar refractivity (Wildman–Crippen MR) is 74.7 cm³/mol. The highest BCUT2D eigenvalue weighted by Gasteiger charge is 2.27. The van der Waals surface area contributed by atoms with Crippen LogP contribution in [-0.2, 0) is 4.79 Å². The maximum absolute atomic E-state index is 11.8. The van der Waals surface area contributed by atoms with Crippen LogP contribution in [-0.4, -0.2) is 41.6 Å². The van der Waals surface area contributed by atoms with E-state index in [4.69, 9.17) is 0 Å². The Labute approximate surface area is 114 Å².